The molecule has 0 bridgehead atoms. The Balaban J connectivity index is 0.00000204. The van der Waals surface area contributed by atoms with Crippen LogP contribution >= 0.6 is 36.4 Å². The maximum absolute atomic E-state index is 7.54. The van der Waals surface area contributed by atoms with E-state index in [1.807, 2.05) is 36.4 Å². The average molecular weight is 522 g/mol. The highest BCUT2D eigenvalue weighted by atomic mass is 35.5. The van der Waals surface area contributed by atoms with E-state index in [4.69, 9.17) is 32.7 Å². The Morgan fingerprint density at radius 3 is 2.41 bits per heavy atom. The number of rotatable bonds is 5. The second-order valence-corrected chi connectivity index (χ2v) is 8.97. The molecule has 2 unspecified atom stereocenters. The van der Waals surface area contributed by atoms with Crippen molar-refractivity contribution in [2.75, 3.05) is 5.32 Å². The van der Waals surface area contributed by atoms with Crippen molar-refractivity contribution in [1.82, 2.24) is 15.3 Å². The van der Waals surface area contributed by atoms with Gasteiger partial charge in [-0.15, -0.1) is 24.8 Å². The molecule has 1 aliphatic carbocycles. The van der Waals surface area contributed by atoms with Gasteiger partial charge in [-0.25, -0.2) is 9.97 Å². The van der Waals surface area contributed by atoms with Crippen LogP contribution in [0.5, 0.6) is 0 Å². The minimum atomic E-state index is 0. The number of guanidine groups is 1. The van der Waals surface area contributed by atoms with Crippen LogP contribution in [0.4, 0.5) is 5.82 Å². The Labute approximate surface area is 218 Å². The van der Waals surface area contributed by atoms with Crippen LogP contribution in [-0.2, 0) is 0 Å². The fourth-order valence-electron chi connectivity index (χ4n) is 4.20. The summed E-state index contributed by atoms with van der Waals surface area (Å²) in [7, 11) is 0. The van der Waals surface area contributed by atoms with Crippen molar-refractivity contribution >= 4 is 71.2 Å². The van der Waals surface area contributed by atoms with Crippen LogP contribution in [0.1, 0.15) is 48.2 Å². The van der Waals surface area contributed by atoms with Crippen molar-refractivity contribution in [3.05, 3.63) is 63.9 Å². The third kappa shape index (κ3) is 6.98. The van der Waals surface area contributed by atoms with E-state index in [9.17, 15) is 0 Å². The summed E-state index contributed by atoms with van der Waals surface area (Å²) in [6.45, 7) is 4.21. The predicted octanol–water partition coefficient (Wildman–Crippen LogP) is 6.12. The van der Waals surface area contributed by atoms with Gasteiger partial charge in [0.25, 0.3) is 0 Å². The second kappa shape index (κ2) is 12.2. The highest BCUT2D eigenvalue weighted by Crippen LogP contribution is 2.28. The summed E-state index contributed by atoms with van der Waals surface area (Å²) < 4.78 is 0. The number of anilines is 1. The number of aryl methyl sites for hydroxylation is 2. The number of halogens is 3. The normalized spacial score (nSPS) is 17.6. The van der Waals surface area contributed by atoms with Crippen LogP contribution in [-0.4, -0.2) is 28.0 Å². The Morgan fingerprint density at radius 1 is 1.03 bits per heavy atom. The Kier molecular flexibility index (Phi) is 9.98. The average Bonchev–Trinajstić information content (AvgIpc) is 2.74. The van der Waals surface area contributed by atoms with Gasteiger partial charge in [0, 0.05) is 22.5 Å². The molecular formula is C25H31Cl3N6. The highest BCUT2D eigenvalue weighted by molar-refractivity contribution is 6.30. The van der Waals surface area contributed by atoms with Crippen LogP contribution in [0.3, 0.4) is 0 Å². The van der Waals surface area contributed by atoms with Gasteiger partial charge in [-0.05, 0) is 86.6 Å². The number of nitrogens with one attached hydrogen (secondary N) is 3. The molecule has 1 aliphatic rings. The van der Waals surface area contributed by atoms with E-state index < -0.39 is 0 Å². The van der Waals surface area contributed by atoms with Gasteiger partial charge < -0.3 is 16.4 Å². The smallest absolute Gasteiger partial charge is 0.185 e. The number of nitrogens with zero attached hydrogens (tertiary/aromatic N) is 2. The van der Waals surface area contributed by atoms with Crippen LogP contribution in [0.15, 0.2) is 36.4 Å². The molecule has 34 heavy (non-hydrogen) atoms. The zero-order valence-electron chi connectivity index (χ0n) is 19.3. The number of hydrogen-bond acceptors (Lipinski definition) is 4. The van der Waals surface area contributed by atoms with Crippen LogP contribution in [0, 0.1) is 19.3 Å². The number of aromatic nitrogens is 2. The lowest BCUT2D eigenvalue weighted by atomic mass is 9.91. The summed E-state index contributed by atoms with van der Waals surface area (Å²) in [6.07, 6.45) is 7.98. The van der Waals surface area contributed by atoms with Crippen LogP contribution in [0.2, 0.25) is 5.02 Å². The topological polar surface area (TPSA) is 99.7 Å². The molecule has 2 aromatic carbocycles. The van der Waals surface area contributed by atoms with Crippen molar-refractivity contribution in [2.24, 2.45) is 5.73 Å². The van der Waals surface area contributed by atoms with Crippen LogP contribution in [0.25, 0.3) is 23.1 Å². The van der Waals surface area contributed by atoms with E-state index >= 15 is 0 Å². The lowest BCUT2D eigenvalue weighted by Crippen LogP contribution is -2.44. The number of hydrogen-bond donors (Lipinski definition) is 4. The van der Waals surface area contributed by atoms with Crippen LogP contribution < -0.4 is 16.4 Å². The molecule has 182 valence electrons. The molecule has 0 aliphatic heterocycles. The van der Waals surface area contributed by atoms with E-state index in [1.165, 1.54) is 11.1 Å². The molecule has 4 rings (SSSR count). The Morgan fingerprint density at radius 2 is 1.71 bits per heavy atom. The first-order valence-corrected chi connectivity index (χ1v) is 11.3. The monoisotopic (exact) mass is 520 g/mol. The van der Waals surface area contributed by atoms with E-state index in [1.54, 1.807) is 0 Å². The largest absolute Gasteiger partial charge is 0.370 e. The summed E-state index contributed by atoms with van der Waals surface area (Å²) in [4.78, 5) is 9.66. The van der Waals surface area contributed by atoms with Gasteiger partial charge in [0.2, 0.25) is 0 Å². The molecule has 3 aromatic rings. The molecule has 1 saturated carbocycles. The summed E-state index contributed by atoms with van der Waals surface area (Å²) in [5, 5.41) is 16.0. The molecule has 0 spiro atoms. The fraction of sp³-hybridized carbons (Fsp3) is 0.320. The molecular weight excluding hydrogens is 491 g/mol. The quantitative estimate of drug-likeness (QED) is 0.239. The summed E-state index contributed by atoms with van der Waals surface area (Å²) >= 11 is 5.99. The van der Waals surface area contributed by atoms with E-state index in [0.29, 0.717) is 10.8 Å². The molecule has 2 atom stereocenters. The summed E-state index contributed by atoms with van der Waals surface area (Å²) in [5.74, 6) is 1.54. The van der Waals surface area contributed by atoms with Crippen molar-refractivity contribution in [2.45, 2.75) is 51.6 Å². The first-order valence-electron chi connectivity index (χ1n) is 11.0. The maximum atomic E-state index is 7.54. The molecule has 1 fully saturated rings. The van der Waals surface area contributed by atoms with Gasteiger partial charge in [0.05, 0.1) is 5.52 Å². The van der Waals surface area contributed by atoms with E-state index in [-0.39, 0.29) is 42.9 Å². The second-order valence-electron chi connectivity index (χ2n) is 8.53. The molecule has 0 radical (unpaired) electrons. The zero-order valence-corrected chi connectivity index (χ0v) is 21.7. The van der Waals surface area contributed by atoms with Gasteiger partial charge in [-0.1, -0.05) is 29.8 Å². The number of benzene rings is 2. The molecule has 0 amide bonds. The summed E-state index contributed by atoms with van der Waals surface area (Å²) in [6, 6.07) is 12.4. The third-order valence-electron chi connectivity index (χ3n) is 6.00. The van der Waals surface area contributed by atoms with Gasteiger partial charge in [-0.3, -0.25) is 5.41 Å². The van der Waals surface area contributed by atoms with Crippen molar-refractivity contribution in [3.63, 3.8) is 0 Å². The number of fused-ring (bicyclic) bond motifs is 1. The number of nitrogens with two attached hydrogens (primary N) is 1. The molecule has 9 heteroatoms. The van der Waals surface area contributed by atoms with Gasteiger partial charge in [0.15, 0.2) is 11.8 Å². The van der Waals surface area contributed by atoms with E-state index in [2.05, 4.69) is 36.6 Å². The molecule has 0 saturated heterocycles. The lowest BCUT2D eigenvalue weighted by Gasteiger charge is -2.31. The highest BCUT2D eigenvalue weighted by Gasteiger charge is 2.23. The Hall–Kier alpha value is -2.54. The minimum absolute atomic E-state index is 0. The predicted molar refractivity (Wildman–Crippen MR) is 149 cm³/mol. The molecule has 6 nitrogen and oxygen atoms in total. The molecule has 1 heterocycles. The summed E-state index contributed by atoms with van der Waals surface area (Å²) in [5.41, 5.74) is 9.94. The van der Waals surface area contributed by atoms with Crippen molar-refractivity contribution < 1.29 is 0 Å². The first-order chi connectivity index (χ1) is 15.4. The molecule has 1 aromatic heterocycles. The molecule has 5 N–H and O–H groups in total. The Bertz CT molecular complexity index is 1160. The van der Waals surface area contributed by atoms with Crippen molar-refractivity contribution in [3.8, 4) is 0 Å². The lowest BCUT2D eigenvalue weighted by molar-refractivity contribution is 0.384. The maximum Gasteiger partial charge on any atom is 0.185 e. The SMILES string of the molecule is Cc1cc2nc(/C=C\c3ccc(Cl)cc3)nc(NC3CCCC(NC(=N)N)C3)c2cc1C.Cl.Cl. The first kappa shape index (κ1) is 27.7. The van der Waals surface area contributed by atoms with E-state index in [0.717, 1.165) is 48.0 Å². The fourth-order valence-corrected chi connectivity index (χ4v) is 4.33. The van der Waals surface area contributed by atoms with Gasteiger partial charge in [0.1, 0.15) is 5.82 Å². The minimum Gasteiger partial charge on any atom is -0.370 e. The third-order valence-corrected chi connectivity index (χ3v) is 6.25. The van der Waals surface area contributed by atoms with Crippen molar-refractivity contribution in [1.29, 1.82) is 5.41 Å². The van der Waals surface area contributed by atoms with Gasteiger partial charge in [-0.2, -0.15) is 0 Å². The van der Waals surface area contributed by atoms with Gasteiger partial charge >= 0.3 is 0 Å². The zero-order chi connectivity index (χ0) is 22.7. The standard InChI is InChI=1S/C25H29ClN6.2ClH/c1-15-12-21-22(13-16(15)2)31-23(11-8-17-6-9-18(26)10-7-17)32-24(21)29-19-4-3-5-20(14-19)30-25(27)28;;/h6-13,19-20H,3-5,14H2,1-2H3,(H4,27,28,30)(H,29,31,32);2*1H/b11-8-;;.